The van der Waals surface area contributed by atoms with E-state index in [0.29, 0.717) is 11.3 Å². The summed E-state index contributed by atoms with van der Waals surface area (Å²) in [7, 11) is 3.07. The molecule has 27 heavy (non-hydrogen) atoms. The Morgan fingerprint density at radius 3 is 2.63 bits per heavy atom. The summed E-state index contributed by atoms with van der Waals surface area (Å²) in [6, 6.07) is 2.97. The van der Waals surface area contributed by atoms with Crippen molar-refractivity contribution in [2.24, 2.45) is 7.05 Å². The summed E-state index contributed by atoms with van der Waals surface area (Å²) < 4.78 is 26.5. The molecule has 9 heteroatoms. The van der Waals surface area contributed by atoms with Crippen LogP contribution in [-0.2, 0) is 13.6 Å². The van der Waals surface area contributed by atoms with Crippen molar-refractivity contribution in [1.29, 1.82) is 0 Å². The van der Waals surface area contributed by atoms with E-state index in [4.69, 9.17) is 23.2 Å². The standard InChI is InChI=1S/C18H19Cl2F2N3O2/c1-24(8-13(21)22)7-11-12(19)6-5-10(15(11)20)17(26)14-16(9-3-4-9)23-25(2)18(14)27/h5-6,9,13,23H,3-4,7-8H2,1-2H3. The topological polar surface area (TPSA) is 58.1 Å². The van der Waals surface area contributed by atoms with Gasteiger partial charge in [0.15, 0.2) is 0 Å². The summed E-state index contributed by atoms with van der Waals surface area (Å²) in [4.78, 5) is 26.9. The number of nitrogens with zero attached hydrogens (tertiary/aromatic N) is 2. The second kappa shape index (κ2) is 7.73. The highest BCUT2D eigenvalue weighted by atomic mass is 35.5. The second-order valence-corrected chi connectivity index (χ2v) is 7.63. The van der Waals surface area contributed by atoms with Gasteiger partial charge < -0.3 is 0 Å². The summed E-state index contributed by atoms with van der Waals surface area (Å²) in [5.74, 6) is -0.321. The van der Waals surface area contributed by atoms with Gasteiger partial charge in [-0.05, 0) is 32.0 Å². The second-order valence-electron chi connectivity index (χ2n) is 6.84. The lowest BCUT2D eigenvalue weighted by atomic mass is 9.99. The van der Waals surface area contributed by atoms with Crippen molar-refractivity contribution in [2.45, 2.75) is 31.7 Å². The van der Waals surface area contributed by atoms with E-state index in [9.17, 15) is 18.4 Å². The van der Waals surface area contributed by atoms with E-state index < -0.39 is 24.3 Å². The molecular weight excluding hydrogens is 399 g/mol. The Bertz CT molecular complexity index is 935. The van der Waals surface area contributed by atoms with Crippen LogP contribution in [0.3, 0.4) is 0 Å². The van der Waals surface area contributed by atoms with Crippen LogP contribution in [0.4, 0.5) is 8.78 Å². The molecule has 0 radical (unpaired) electrons. The van der Waals surface area contributed by atoms with Gasteiger partial charge in [-0.3, -0.25) is 24.3 Å². The van der Waals surface area contributed by atoms with Crippen LogP contribution in [0.1, 0.15) is 45.9 Å². The van der Waals surface area contributed by atoms with Crippen LogP contribution in [0.2, 0.25) is 10.0 Å². The smallest absolute Gasteiger partial charge is 0.277 e. The third-order valence-electron chi connectivity index (χ3n) is 4.60. The zero-order valence-corrected chi connectivity index (χ0v) is 16.4. The maximum absolute atomic E-state index is 13.1. The molecule has 0 atom stereocenters. The number of nitrogens with one attached hydrogen (secondary N) is 1. The summed E-state index contributed by atoms with van der Waals surface area (Å²) in [6.45, 7) is -0.390. The Labute approximate surface area is 164 Å². The Hall–Kier alpha value is -1.70. The van der Waals surface area contributed by atoms with E-state index in [1.54, 1.807) is 7.05 Å². The molecule has 1 saturated carbocycles. The van der Waals surface area contributed by atoms with Crippen LogP contribution < -0.4 is 5.56 Å². The lowest BCUT2D eigenvalue weighted by Crippen LogP contribution is -2.25. The minimum absolute atomic E-state index is 0.0593. The number of aryl methyl sites for hydroxylation is 1. The third kappa shape index (κ3) is 4.10. The SMILES string of the molecule is CN(Cc1c(Cl)ccc(C(=O)c2c(C3CC3)[nH]n(C)c2=O)c1Cl)CC(F)F. The van der Waals surface area contributed by atoms with E-state index in [0.717, 1.165) is 12.8 Å². The first kappa shape index (κ1) is 20.0. The monoisotopic (exact) mass is 417 g/mol. The predicted octanol–water partition coefficient (Wildman–Crippen LogP) is 3.83. The number of aromatic nitrogens is 2. The Morgan fingerprint density at radius 2 is 2.04 bits per heavy atom. The van der Waals surface area contributed by atoms with E-state index >= 15 is 0 Å². The Balaban J connectivity index is 1.99. The Kier molecular flexibility index (Phi) is 5.74. The molecule has 1 aliphatic carbocycles. The van der Waals surface area contributed by atoms with Crippen LogP contribution >= 0.6 is 23.2 Å². The number of H-pyrrole nitrogens is 1. The molecule has 2 aromatic rings. The van der Waals surface area contributed by atoms with Gasteiger partial charge in [-0.1, -0.05) is 23.2 Å². The number of aromatic amines is 1. The summed E-state index contributed by atoms with van der Waals surface area (Å²) in [5.41, 5.74) is 0.808. The van der Waals surface area contributed by atoms with Crippen molar-refractivity contribution in [2.75, 3.05) is 13.6 Å². The number of alkyl halides is 2. The molecule has 0 spiro atoms. The molecule has 1 aromatic heterocycles. The maximum atomic E-state index is 13.1. The number of hydrogen-bond acceptors (Lipinski definition) is 3. The molecule has 1 heterocycles. The fourth-order valence-corrected chi connectivity index (χ4v) is 3.66. The van der Waals surface area contributed by atoms with Crippen LogP contribution in [-0.4, -0.2) is 40.5 Å². The lowest BCUT2D eigenvalue weighted by Gasteiger charge is -2.19. The molecule has 5 nitrogen and oxygen atoms in total. The molecule has 146 valence electrons. The zero-order chi connectivity index (χ0) is 19.9. The van der Waals surface area contributed by atoms with Crippen LogP contribution in [0.5, 0.6) is 0 Å². The van der Waals surface area contributed by atoms with Crippen molar-refractivity contribution < 1.29 is 13.6 Å². The van der Waals surface area contributed by atoms with Crippen LogP contribution in [0, 0.1) is 0 Å². The number of hydrogen-bond donors (Lipinski definition) is 1. The number of ketones is 1. The largest absolute Gasteiger partial charge is 0.299 e. The van der Waals surface area contributed by atoms with E-state index in [2.05, 4.69) is 5.10 Å². The van der Waals surface area contributed by atoms with Gasteiger partial charge in [0.05, 0.1) is 17.3 Å². The van der Waals surface area contributed by atoms with Gasteiger partial charge in [0.1, 0.15) is 5.56 Å². The highest BCUT2D eigenvalue weighted by molar-refractivity contribution is 6.38. The molecular formula is C18H19Cl2F2N3O2. The quantitative estimate of drug-likeness (QED) is 0.696. The number of rotatable bonds is 7. The first-order valence-electron chi connectivity index (χ1n) is 8.47. The lowest BCUT2D eigenvalue weighted by molar-refractivity contribution is 0.0973. The first-order chi connectivity index (χ1) is 12.7. The average molecular weight is 418 g/mol. The fraction of sp³-hybridized carbons (Fsp3) is 0.444. The van der Waals surface area contributed by atoms with Crippen molar-refractivity contribution in [3.63, 3.8) is 0 Å². The van der Waals surface area contributed by atoms with Crippen molar-refractivity contribution in [3.05, 3.63) is 54.9 Å². The molecule has 1 N–H and O–H groups in total. The van der Waals surface area contributed by atoms with Crippen molar-refractivity contribution in [1.82, 2.24) is 14.7 Å². The van der Waals surface area contributed by atoms with Gasteiger partial charge in [-0.2, -0.15) is 0 Å². The molecule has 0 amide bonds. The number of carbonyl (C=O) groups is 1. The summed E-state index contributed by atoms with van der Waals surface area (Å²) >= 11 is 12.6. The number of halogens is 4. The Morgan fingerprint density at radius 1 is 1.37 bits per heavy atom. The van der Waals surface area contributed by atoms with Gasteiger partial charge in [0.2, 0.25) is 5.78 Å². The van der Waals surface area contributed by atoms with E-state index in [1.165, 1.54) is 28.8 Å². The van der Waals surface area contributed by atoms with Gasteiger partial charge in [0, 0.05) is 35.7 Å². The van der Waals surface area contributed by atoms with Gasteiger partial charge in [0.25, 0.3) is 12.0 Å². The molecule has 0 unspecified atom stereocenters. The normalized spacial score (nSPS) is 14.4. The van der Waals surface area contributed by atoms with Crippen LogP contribution in [0.25, 0.3) is 0 Å². The van der Waals surface area contributed by atoms with Gasteiger partial charge >= 0.3 is 0 Å². The minimum Gasteiger partial charge on any atom is -0.299 e. The summed E-state index contributed by atoms with van der Waals surface area (Å²) in [5, 5.41) is 3.31. The maximum Gasteiger partial charge on any atom is 0.277 e. The fourth-order valence-electron chi connectivity index (χ4n) is 3.08. The molecule has 1 aliphatic rings. The summed E-state index contributed by atoms with van der Waals surface area (Å²) in [6.07, 6.45) is -0.669. The molecule has 3 rings (SSSR count). The van der Waals surface area contributed by atoms with E-state index in [1.807, 2.05) is 0 Å². The number of carbonyl (C=O) groups excluding carboxylic acids is 1. The van der Waals surface area contributed by atoms with Gasteiger partial charge in [-0.25, -0.2) is 8.78 Å². The minimum atomic E-state index is -2.50. The predicted molar refractivity (Wildman–Crippen MR) is 100 cm³/mol. The van der Waals surface area contributed by atoms with E-state index in [-0.39, 0.29) is 33.6 Å². The highest BCUT2D eigenvalue weighted by Gasteiger charge is 2.33. The highest BCUT2D eigenvalue weighted by Crippen LogP contribution is 2.41. The first-order valence-corrected chi connectivity index (χ1v) is 9.23. The molecule has 1 aromatic carbocycles. The van der Waals surface area contributed by atoms with Gasteiger partial charge in [-0.15, -0.1) is 0 Å². The average Bonchev–Trinajstić information content (AvgIpc) is 3.37. The third-order valence-corrected chi connectivity index (χ3v) is 5.38. The number of benzene rings is 1. The molecule has 1 fully saturated rings. The zero-order valence-electron chi connectivity index (χ0n) is 14.9. The van der Waals surface area contributed by atoms with Crippen LogP contribution in [0.15, 0.2) is 16.9 Å². The van der Waals surface area contributed by atoms with Crippen molar-refractivity contribution in [3.8, 4) is 0 Å². The molecule has 0 aliphatic heterocycles. The molecule has 0 bridgehead atoms. The van der Waals surface area contributed by atoms with Crippen molar-refractivity contribution >= 4 is 29.0 Å². The molecule has 0 saturated heterocycles.